The van der Waals surface area contributed by atoms with E-state index in [2.05, 4.69) is 10.3 Å². The number of thioether (sulfide) groups is 1. The van der Waals surface area contributed by atoms with E-state index in [0.717, 1.165) is 17.5 Å². The molecule has 1 saturated carbocycles. The van der Waals surface area contributed by atoms with E-state index >= 15 is 0 Å². The third-order valence-electron chi connectivity index (χ3n) is 3.22. The summed E-state index contributed by atoms with van der Waals surface area (Å²) in [5.74, 6) is 0.990. The maximum absolute atomic E-state index is 11.7. The molecule has 0 aliphatic heterocycles. The molecule has 98 valence electrons. The Labute approximate surface area is 113 Å². The van der Waals surface area contributed by atoms with Crippen molar-refractivity contribution in [3.05, 3.63) is 30.1 Å². The Kier molecular flexibility index (Phi) is 5.52. The predicted octanol–water partition coefficient (Wildman–Crippen LogP) is 2.88. The van der Waals surface area contributed by atoms with Crippen molar-refractivity contribution < 1.29 is 4.79 Å². The molecule has 1 heterocycles. The Bertz CT molecular complexity index is 363. The summed E-state index contributed by atoms with van der Waals surface area (Å²) in [6, 6.07) is 3.57. The number of rotatable bonds is 5. The fourth-order valence-corrected chi connectivity index (χ4v) is 3.44. The van der Waals surface area contributed by atoms with Crippen LogP contribution >= 0.6 is 11.8 Å². The molecule has 0 spiro atoms. The molecule has 2 rings (SSSR count). The fraction of sp³-hybridized carbons (Fsp3) is 0.571. The summed E-state index contributed by atoms with van der Waals surface area (Å²) in [6.07, 6.45) is 10.1. The molecule has 4 heteroatoms. The highest BCUT2D eigenvalue weighted by Crippen LogP contribution is 2.27. The lowest BCUT2D eigenvalue weighted by atomic mass is 10.0. The molecule has 0 saturated heterocycles. The summed E-state index contributed by atoms with van der Waals surface area (Å²) < 4.78 is 0. The highest BCUT2D eigenvalue weighted by Gasteiger charge is 2.13. The number of pyridine rings is 1. The second kappa shape index (κ2) is 7.41. The molecule has 1 aliphatic carbocycles. The van der Waals surface area contributed by atoms with Crippen LogP contribution in [0.15, 0.2) is 24.5 Å². The van der Waals surface area contributed by atoms with Gasteiger partial charge in [-0.25, -0.2) is 0 Å². The minimum absolute atomic E-state index is 0.0210. The van der Waals surface area contributed by atoms with Crippen molar-refractivity contribution in [2.24, 2.45) is 0 Å². The summed E-state index contributed by atoms with van der Waals surface area (Å²) in [5, 5.41) is 3.75. The molecule has 1 N–H and O–H groups in total. The third-order valence-corrected chi connectivity index (χ3v) is 4.60. The van der Waals surface area contributed by atoms with E-state index in [1.54, 1.807) is 24.5 Å². The van der Waals surface area contributed by atoms with Crippen LogP contribution in [0.2, 0.25) is 0 Å². The van der Waals surface area contributed by atoms with Crippen LogP contribution < -0.4 is 5.32 Å². The lowest BCUT2D eigenvalue weighted by Gasteiger charge is -2.20. The Morgan fingerprint density at radius 1 is 1.39 bits per heavy atom. The maximum atomic E-state index is 11.7. The van der Waals surface area contributed by atoms with Gasteiger partial charge in [-0.2, -0.15) is 11.8 Å². The fourth-order valence-electron chi connectivity index (χ4n) is 2.22. The van der Waals surface area contributed by atoms with E-state index in [9.17, 15) is 4.79 Å². The van der Waals surface area contributed by atoms with Gasteiger partial charge in [0.15, 0.2) is 0 Å². The van der Waals surface area contributed by atoms with Crippen molar-refractivity contribution in [1.29, 1.82) is 0 Å². The average molecular weight is 264 g/mol. The first-order valence-corrected chi connectivity index (χ1v) is 7.71. The summed E-state index contributed by atoms with van der Waals surface area (Å²) in [7, 11) is 0. The first-order valence-electron chi connectivity index (χ1n) is 6.66. The number of nitrogens with zero attached hydrogens (tertiary/aromatic N) is 1. The number of amides is 1. The highest BCUT2D eigenvalue weighted by molar-refractivity contribution is 7.99. The van der Waals surface area contributed by atoms with Crippen LogP contribution in [0.25, 0.3) is 0 Å². The van der Waals surface area contributed by atoms with Crippen LogP contribution in [-0.2, 0) is 0 Å². The van der Waals surface area contributed by atoms with Crippen LogP contribution in [0.1, 0.15) is 42.5 Å². The zero-order chi connectivity index (χ0) is 12.6. The molecular formula is C14H20N2OS. The molecule has 0 aromatic carbocycles. The topological polar surface area (TPSA) is 42.0 Å². The second-order valence-electron chi connectivity index (χ2n) is 4.63. The molecule has 18 heavy (non-hydrogen) atoms. The Balaban J connectivity index is 1.62. The van der Waals surface area contributed by atoms with Crippen LogP contribution in [0.4, 0.5) is 0 Å². The molecule has 0 radical (unpaired) electrons. The quantitative estimate of drug-likeness (QED) is 0.832. The van der Waals surface area contributed by atoms with Gasteiger partial charge >= 0.3 is 0 Å². The summed E-state index contributed by atoms with van der Waals surface area (Å²) in [5.41, 5.74) is 0.639. The Morgan fingerprint density at radius 2 is 2.22 bits per heavy atom. The zero-order valence-electron chi connectivity index (χ0n) is 10.6. The second-order valence-corrected chi connectivity index (χ2v) is 6.04. The standard InChI is InChI=1S/C14H20N2OS/c17-14(12-5-4-8-15-11-12)16-9-10-18-13-6-2-1-3-7-13/h4-5,8,11,13H,1-3,6-7,9-10H2,(H,16,17). The number of hydrogen-bond acceptors (Lipinski definition) is 3. The maximum Gasteiger partial charge on any atom is 0.252 e. The van der Waals surface area contributed by atoms with Crippen LogP contribution in [0.3, 0.4) is 0 Å². The summed E-state index contributed by atoms with van der Waals surface area (Å²) in [4.78, 5) is 15.7. The molecule has 1 aromatic rings. The largest absolute Gasteiger partial charge is 0.351 e. The van der Waals surface area contributed by atoms with Crippen molar-refractivity contribution in [3.63, 3.8) is 0 Å². The van der Waals surface area contributed by atoms with Gasteiger partial charge in [0.05, 0.1) is 5.56 Å². The van der Waals surface area contributed by atoms with Gasteiger partial charge in [-0.1, -0.05) is 19.3 Å². The molecule has 3 nitrogen and oxygen atoms in total. The van der Waals surface area contributed by atoms with E-state index in [1.165, 1.54) is 32.1 Å². The molecular weight excluding hydrogens is 244 g/mol. The van der Waals surface area contributed by atoms with Crippen molar-refractivity contribution in [2.75, 3.05) is 12.3 Å². The molecule has 1 aliphatic rings. The minimum atomic E-state index is -0.0210. The molecule has 1 fully saturated rings. The van der Waals surface area contributed by atoms with Crippen molar-refractivity contribution in [2.45, 2.75) is 37.4 Å². The van der Waals surface area contributed by atoms with Gasteiger partial charge in [0, 0.05) is 29.9 Å². The lowest BCUT2D eigenvalue weighted by molar-refractivity contribution is 0.0956. The van der Waals surface area contributed by atoms with E-state index in [1.807, 2.05) is 11.8 Å². The average Bonchev–Trinajstić information content (AvgIpc) is 2.45. The highest BCUT2D eigenvalue weighted by atomic mass is 32.2. The van der Waals surface area contributed by atoms with Crippen LogP contribution in [0, 0.1) is 0 Å². The molecule has 1 aromatic heterocycles. The first kappa shape index (κ1) is 13.4. The van der Waals surface area contributed by atoms with Crippen LogP contribution in [0.5, 0.6) is 0 Å². The third kappa shape index (κ3) is 4.33. The van der Waals surface area contributed by atoms with Gasteiger partial charge in [0.1, 0.15) is 0 Å². The zero-order valence-corrected chi connectivity index (χ0v) is 11.4. The number of hydrogen-bond donors (Lipinski definition) is 1. The van der Waals surface area contributed by atoms with Crippen molar-refractivity contribution in [1.82, 2.24) is 10.3 Å². The van der Waals surface area contributed by atoms with E-state index in [0.29, 0.717) is 5.56 Å². The van der Waals surface area contributed by atoms with Gasteiger partial charge in [-0.15, -0.1) is 0 Å². The first-order chi connectivity index (χ1) is 8.86. The lowest BCUT2D eigenvalue weighted by Crippen LogP contribution is -2.26. The Hall–Kier alpha value is -1.03. The predicted molar refractivity (Wildman–Crippen MR) is 75.9 cm³/mol. The minimum Gasteiger partial charge on any atom is -0.351 e. The molecule has 0 bridgehead atoms. The van der Waals surface area contributed by atoms with Crippen LogP contribution in [-0.4, -0.2) is 28.4 Å². The molecule has 0 atom stereocenters. The van der Waals surface area contributed by atoms with Gasteiger partial charge in [0.25, 0.3) is 5.91 Å². The molecule has 1 amide bonds. The van der Waals surface area contributed by atoms with Gasteiger partial charge in [-0.3, -0.25) is 9.78 Å². The Morgan fingerprint density at radius 3 is 2.94 bits per heavy atom. The summed E-state index contributed by atoms with van der Waals surface area (Å²) >= 11 is 2.00. The van der Waals surface area contributed by atoms with E-state index < -0.39 is 0 Å². The summed E-state index contributed by atoms with van der Waals surface area (Å²) in [6.45, 7) is 0.745. The monoisotopic (exact) mass is 264 g/mol. The smallest absolute Gasteiger partial charge is 0.252 e. The van der Waals surface area contributed by atoms with Crippen molar-refractivity contribution >= 4 is 17.7 Å². The number of nitrogens with one attached hydrogen (secondary N) is 1. The normalized spacial score (nSPS) is 16.4. The van der Waals surface area contributed by atoms with Crippen molar-refractivity contribution in [3.8, 4) is 0 Å². The number of aromatic nitrogens is 1. The molecule has 0 unspecified atom stereocenters. The van der Waals surface area contributed by atoms with E-state index in [-0.39, 0.29) is 5.91 Å². The van der Waals surface area contributed by atoms with Gasteiger partial charge < -0.3 is 5.32 Å². The van der Waals surface area contributed by atoms with E-state index in [4.69, 9.17) is 0 Å². The number of carbonyl (C=O) groups is 1. The van der Waals surface area contributed by atoms with Gasteiger partial charge in [-0.05, 0) is 25.0 Å². The van der Waals surface area contributed by atoms with Gasteiger partial charge in [0.2, 0.25) is 0 Å². The number of carbonyl (C=O) groups excluding carboxylic acids is 1. The SMILES string of the molecule is O=C(NCCSC1CCCCC1)c1cccnc1.